The zero-order chi connectivity index (χ0) is 20.8. The summed E-state index contributed by atoms with van der Waals surface area (Å²) in [6, 6.07) is 16.4. The van der Waals surface area contributed by atoms with Gasteiger partial charge < -0.3 is 20.3 Å². The van der Waals surface area contributed by atoms with Crippen LogP contribution in [0.5, 0.6) is 5.75 Å². The molecule has 0 aromatic heterocycles. The Labute approximate surface area is 201 Å². The predicted octanol–water partition coefficient (Wildman–Crippen LogP) is 3.34. The first-order valence-corrected chi connectivity index (χ1v) is 10.7. The van der Waals surface area contributed by atoms with E-state index in [2.05, 4.69) is 39.9 Å². The van der Waals surface area contributed by atoms with E-state index in [4.69, 9.17) is 4.74 Å². The summed E-state index contributed by atoms with van der Waals surface area (Å²) in [6.45, 7) is 3.04. The lowest BCUT2D eigenvalue weighted by molar-refractivity contribution is -0.130. The van der Waals surface area contributed by atoms with Gasteiger partial charge in [0.05, 0.1) is 13.2 Å². The number of hydrogen-bond donors (Lipinski definition) is 2. The molecule has 31 heavy (non-hydrogen) atoms. The Morgan fingerprint density at radius 2 is 1.84 bits per heavy atom. The van der Waals surface area contributed by atoms with Crippen LogP contribution in [-0.2, 0) is 24.3 Å². The van der Waals surface area contributed by atoms with Crippen LogP contribution in [0.1, 0.15) is 29.5 Å². The van der Waals surface area contributed by atoms with Crippen molar-refractivity contribution in [1.82, 2.24) is 15.5 Å². The summed E-state index contributed by atoms with van der Waals surface area (Å²) in [4.78, 5) is 18.8. The highest BCUT2D eigenvalue weighted by molar-refractivity contribution is 14.0. The lowest BCUT2D eigenvalue weighted by atomic mass is 10.00. The molecule has 1 saturated carbocycles. The summed E-state index contributed by atoms with van der Waals surface area (Å²) in [7, 11) is 1.71. The average Bonchev–Trinajstić information content (AvgIpc) is 3.62. The molecular weight excluding hydrogens is 503 g/mol. The van der Waals surface area contributed by atoms with Gasteiger partial charge in [0.15, 0.2) is 5.96 Å². The molecule has 2 aliphatic rings. The van der Waals surface area contributed by atoms with Gasteiger partial charge in [0.25, 0.3) is 0 Å². The van der Waals surface area contributed by atoms with Crippen molar-refractivity contribution in [2.24, 2.45) is 10.9 Å². The van der Waals surface area contributed by atoms with Crippen molar-refractivity contribution in [3.63, 3.8) is 0 Å². The summed E-state index contributed by atoms with van der Waals surface area (Å²) in [5.41, 5.74) is 3.66. The number of amides is 1. The van der Waals surface area contributed by atoms with E-state index in [-0.39, 0.29) is 36.4 Å². The molecule has 0 saturated heterocycles. The predicted molar refractivity (Wildman–Crippen MR) is 134 cm³/mol. The number of halogens is 1. The Hall–Kier alpha value is -2.29. The standard InChI is InChI=1S/C24H30N4O2.HI/c1-25-24(26-14-20-7-4-5-9-22(20)30-17-18-10-11-18)27-15-23(29)28-13-12-19-6-2-3-8-21(19)16-28;/h2-9,18H,10-17H2,1H3,(H2,25,26,27);1H. The van der Waals surface area contributed by atoms with E-state index in [1.807, 2.05) is 29.2 Å². The zero-order valence-corrected chi connectivity index (χ0v) is 20.3. The second-order valence-electron chi connectivity index (χ2n) is 7.98. The summed E-state index contributed by atoms with van der Waals surface area (Å²) in [6.07, 6.45) is 3.45. The van der Waals surface area contributed by atoms with Gasteiger partial charge in [0.1, 0.15) is 5.75 Å². The molecule has 2 aromatic carbocycles. The third-order valence-corrected chi connectivity index (χ3v) is 5.70. The molecule has 0 unspecified atom stereocenters. The van der Waals surface area contributed by atoms with E-state index in [1.165, 1.54) is 24.0 Å². The number of aliphatic imine (C=N–C) groups is 1. The number of ether oxygens (including phenoxy) is 1. The van der Waals surface area contributed by atoms with E-state index in [0.29, 0.717) is 25.0 Å². The van der Waals surface area contributed by atoms with Crippen molar-refractivity contribution in [2.75, 3.05) is 26.7 Å². The number of nitrogens with one attached hydrogen (secondary N) is 2. The van der Waals surface area contributed by atoms with Gasteiger partial charge in [-0.3, -0.25) is 9.79 Å². The van der Waals surface area contributed by atoms with Crippen molar-refractivity contribution in [3.05, 3.63) is 65.2 Å². The minimum atomic E-state index is 0. The second kappa shape index (κ2) is 11.4. The fraction of sp³-hybridized carbons (Fsp3) is 0.417. The topological polar surface area (TPSA) is 66.0 Å². The second-order valence-corrected chi connectivity index (χ2v) is 7.98. The Morgan fingerprint density at radius 1 is 1.10 bits per heavy atom. The molecule has 0 spiro atoms. The Bertz CT molecular complexity index is 914. The van der Waals surface area contributed by atoms with Gasteiger partial charge >= 0.3 is 0 Å². The van der Waals surface area contributed by atoms with Crippen LogP contribution in [0, 0.1) is 5.92 Å². The zero-order valence-electron chi connectivity index (χ0n) is 18.0. The maximum Gasteiger partial charge on any atom is 0.242 e. The van der Waals surface area contributed by atoms with E-state index in [0.717, 1.165) is 30.9 Å². The summed E-state index contributed by atoms with van der Waals surface area (Å²) >= 11 is 0. The number of fused-ring (bicyclic) bond motifs is 1. The third-order valence-electron chi connectivity index (χ3n) is 5.70. The first kappa shape index (κ1) is 23.4. The van der Waals surface area contributed by atoms with Gasteiger partial charge in [0.2, 0.25) is 5.91 Å². The molecule has 1 aliphatic heterocycles. The molecule has 166 valence electrons. The SMILES string of the molecule is CN=C(NCC(=O)N1CCc2ccccc2C1)NCc1ccccc1OCC1CC1.I. The Morgan fingerprint density at radius 3 is 2.61 bits per heavy atom. The normalized spacial score (nSPS) is 15.5. The largest absolute Gasteiger partial charge is 0.493 e. The van der Waals surface area contributed by atoms with Crippen molar-refractivity contribution in [2.45, 2.75) is 32.4 Å². The van der Waals surface area contributed by atoms with Gasteiger partial charge in [-0.25, -0.2) is 0 Å². The summed E-state index contributed by atoms with van der Waals surface area (Å²) in [5.74, 6) is 2.32. The van der Waals surface area contributed by atoms with Crippen molar-refractivity contribution in [1.29, 1.82) is 0 Å². The minimum absolute atomic E-state index is 0. The van der Waals surface area contributed by atoms with Crippen molar-refractivity contribution >= 4 is 35.8 Å². The lowest BCUT2D eigenvalue weighted by Crippen LogP contribution is -2.45. The van der Waals surface area contributed by atoms with Gasteiger partial charge in [-0.1, -0.05) is 42.5 Å². The number of benzene rings is 2. The van der Waals surface area contributed by atoms with Crippen LogP contribution in [0.25, 0.3) is 0 Å². The van der Waals surface area contributed by atoms with E-state index in [1.54, 1.807) is 7.05 Å². The monoisotopic (exact) mass is 534 g/mol. The van der Waals surface area contributed by atoms with Crippen molar-refractivity contribution in [3.8, 4) is 5.75 Å². The number of rotatable bonds is 7. The van der Waals surface area contributed by atoms with Crippen LogP contribution in [0.3, 0.4) is 0 Å². The molecule has 4 rings (SSSR count). The number of carbonyl (C=O) groups excluding carboxylic acids is 1. The molecule has 0 radical (unpaired) electrons. The lowest BCUT2D eigenvalue weighted by Gasteiger charge is -2.29. The molecule has 7 heteroatoms. The Balaban J connectivity index is 0.00000272. The van der Waals surface area contributed by atoms with E-state index < -0.39 is 0 Å². The summed E-state index contributed by atoms with van der Waals surface area (Å²) < 4.78 is 5.97. The highest BCUT2D eigenvalue weighted by Crippen LogP contribution is 2.30. The fourth-order valence-electron chi connectivity index (χ4n) is 3.66. The van der Waals surface area contributed by atoms with E-state index >= 15 is 0 Å². The first-order chi connectivity index (χ1) is 14.7. The molecule has 2 aromatic rings. The molecule has 2 N–H and O–H groups in total. The Kier molecular flexibility index (Phi) is 8.57. The van der Waals surface area contributed by atoms with Crippen LogP contribution in [-0.4, -0.2) is 43.5 Å². The van der Waals surface area contributed by atoms with Crippen LogP contribution < -0.4 is 15.4 Å². The van der Waals surface area contributed by atoms with Crippen LogP contribution in [0.2, 0.25) is 0 Å². The highest BCUT2D eigenvalue weighted by atomic mass is 127. The van der Waals surface area contributed by atoms with Gasteiger partial charge in [0, 0.05) is 32.2 Å². The highest BCUT2D eigenvalue weighted by Gasteiger charge is 2.22. The number of para-hydroxylation sites is 1. The number of hydrogen-bond acceptors (Lipinski definition) is 3. The minimum Gasteiger partial charge on any atom is -0.493 e. The third kappa shape index (κ3) is 6.59. The quantitative estimate of drug-likeness (QED) is 0.325. The van der Waals surface area contributed by atoms with Crippen molar-refractivity contribution < 1.29 is 9.53 Å². The molecule has 0 bridgehead atoms. The first-order valence-electron chi connectivity index (χ1n) is 10.7. The number of nitrogens with zero attached hydrogens (tertiary/aromatic N) is 2. The summed E-state index contributed by atoms with van der Waals surface area (Å²) in [5, 5.41) is 6.44. The number of carbonyl (C=O) groups is 1. The van der Waals surface area contributed by atoms with Gasteiger partial charge in [-0.2, -0.15) is 0 Å². The maximum atomic E-state index is 12.7. The van der Waals surface area contributed by atoms with Gasteiger partial charge in [-0.05, 0) is 42.4 Å². The average molecular weight is 534 g/mol. The molecule has 6 nitrogen and oxygen atoms in total. The molecule has 1 amide bonds. The molecule has 1 fully saturated rings. The molecule has 0 atom stereocenters. The molecular formula is C24H31IN4O2. The molecule has 1 heterocycles. The maximum absolute atomic E-state index is 12.7. The molecule has 1 aliphatic carbocycles. The van der Waals surface area contributed by atoms with Crippen LogP contribution in [0.4, 0.5) is 0 Å². The van der Waals surface area contributed by atoms with Crippen LogP contribution in [0.15, 0.2) is 53.5 Å². The van der Waals surface area contributed by atoms with E-state index in [9.17, 15) is 4.79 Å². The van der Waals surface area contributed by atoms with Crippen LogP contribution >= 0.6 is 24.0 Å². The smallest absolute Gasteiger partial charge is 0.242 e. The fourth-order valence-corrected chi connectivity index (χ4v) is 3.66. The van der Waals surface area contributed by atoms with Gasteiger partial charge in [-0.15, -0.1) is 24.0 Å². The number of guanidine groups is 1.